The summed E-state index contributed by atoms with van der Waals surface area (Å²) in [5.74, 6) is -0.423. The van der Waals surface area contributed by atoms with Crippen LogP contribution >= 0.6 is 0 Å². The topological polar surface area (TPSA) is 66.6 Å². The highest BCUT2D eigenvalue weighted by Crippen LogP contribution is 2.31. The Morgan fingerprint density at radius 3 is 2.47 bits per heavy atom. The summed E-state index contributed by atoms with van der Waals surface area (Å²) in [4.78, 5) is 3.66. The van der Waals surface area contributed by atoms with E-state index in [-0.39, 0.29) is 24.9 Å². The van der Waals surface area contributed by atoms with Gasteiger partial charge in [-0.1, -0.05) is 0 Å². The summed E-state index contributed by atoms with van der Waals surface area (Å²) in [6.07, 6.45) is -4.48. The van der Waals surface area contributed by atoms with Crippen molar-refractivity contribution in [3.63, 3.8) is 0 Å². The van der Waals surface area contributed by atoms with Crippen LogP contribution in [0.15, 0.2) is 12.1 Å². The third kappa shape index (κ3) is 5.75. The van der Waals surface area contributed by atoms with Crippen molar-refractivity contribution in [3.8, 4) is 5.88 Å². The van der Waals surface area contributed by atoms with E-state index in [2.05, 4.69) is 4.98 Å². The SMILES string of the molecule is COCCOCCOc1cc(C(F)(F)F)cc(N)n1. The minimum absolute atomic E-state index is 0.0808. The zero-order chi connectivity index (χ0) is 14.3. The summed E-state index contributed by atoms with van der Waals surface area (Å²) < 4.78 is 52.4. The molecule has 0 aromatic carbocycles. The molecule has 0 atom stereocenters. The molecule has 0 fully saturated rings. The van der Waals surface area contributed by atoms with E-state index in [1.807, 2.05) is 0 Å². The first-order valence-electron chi connectivity index (χ1n) is 5.47. The van der Waals surface area contributed by atoms with Crippen LogP contribution in [-0.4, -0.2) is 38.5 Å². The van der Waals surface area contributed by atoms with Crippen molar-refractivity contribution in [3.05, 3.63) is 17.7 Å². The van der Waals surface area contributed by atoms with Crippen LogP contribution in [0.25, 0.3) is 0 Å². The second-order valence-corrected chi connectivity index (χ2v) is 3.57. The van der Waals surface area contributed by atoms with Gasteiger partial charge < -0.3 is 19.9 Å². The van der Waals surface area contributed by atoms with Gasteiger partial charge in [-0.25, -0.2) is 0 Å². The van der Waals surface area contributed by atoms with Crippen molar-refractivity contribution >= 4 is 5.82 Å². The van der Waals surface area contributed by atoms with Gasteiger partial charge in [-0.2, -0.15) is 18.2 Å². The number of rotatable bonds is 7. The van der Waals surface area contributed by atoms with Crippen molar-refractivity contribution in [2.75, 3.05) is 39.3 Å². The van der Waals surface area contributed by atoms with Crippen LogP contribution in [-0.2, 0) is 15.7 Å². The summed E-state index contributed by atoms with van der Waals surface area (Å²) in [6, 6.07) is 1.55. The average molecular weight is 280 g/mol. The smallest absolute Gasteiger partial charge is 0.416 e. The van der Waals surface area contributed by atoms with E-state index in [1.54, 1.807) is 0 Å². The van der Waals surface area contributed by atoms with Crippen molar-refractivity contribution in [1.82, 2.24) is 4.98 Å². The highest BCUT2D eigenvalue weighted by molar-refractivity contribution is 5.38. The first-order valence-corrected chi connectivity index (χ1v) is 5.47. The molecule has 0 saturated carbocycles. The first kappa shape index (κ1) is 15.5. The highest BCUT2D eigenvalue weighted by atomic mass is 19.4. The Morgan fingerprint density at radius 2 is 1.84 bits per heavy atom. The minimum Gasteiger partial charge on any atom is -0.475 e. The fourth-order valence-electron chi connectivity index (χ4n) is 1.21. The maximum atomic E-state index is 12.5. The lowest BCUT2D eigenvalue weighted by molar-refractivity contribution is -0.137. The number of halogens is 3. The van der Waals surface area contributed by atoms with Gasteiger partial charge in [0.25, 0.3) is 0 Å². The Balaban J connectivity index is 2.48. The number of hydrogen-bond acceptors (Lipinski definition) is 5. The molecule has 1 rings (SSSR count). The Labute approximate surface area is 108 Å². The van der Waals surface area contributed by atoms with Gasteiger partial charge in [0.2, 0.25) is 5.88 Å². The number of nitrogen functional groups attached to an aromatic ring is 1. The van der Waals surface area contributed by atoms with Gasteiger partial charge in [0.15, 0.2) is 0 Å². The number of hydrogen-bond donors (Lipinski definition) is 1. The number of nitrogens with zero attached hydrogens (tertiary/aromatic N) is 1. The van der Waals surface area contributed by atoms with Crippen molar-refractivity contribution < 1.29 is 27.4 Å². The lowest BCUT2D eigenvalue weighted by atomic mass is 10.2. The summed E-state index contributed by atoms with van der Waals surface area (Å²) in [5, 5.41) is 0. The molecular formula is C11H15F3N2O3. The molecule has 108 valence electrons. The Hall–Kier alpha value is -1.54. The molecule has 0 unspecified atom stereocenters. The minimum atomic E-state index is -4.48. The zero-order valence-corrected chi connectivity index (χ0v) is 10.4. The molecular weight excluding hydrogens is 265 g/mol. The van der Waals surface area contributed by atoms with E-state index in [0.717, 1.165) is 12.1 Å². The van der Waals surface area contributed by atoms with Crippen LogP contribution in [0.5, 0.6) is 5.88 Å². The van der Waals surface area contributed by atoms with Crippen LogP contribution in [0.1, 0.15) is 5.56 Å². The van der Waals surface area contributed by atoms with Crippen molar-refractivity contribution in [1.29, 1.82) is 0 Å². The predicted molar refractivity (Wildman–Crippen MR) is 61.8 cm³/mol. The summed E-state index contributed by atoms with van der Waals surface area (Å²) in [7, 11) is 1.54. The molecule has 1 aromatic rings. The number of alkyl halides is 3. The molecule has 0 aliphatic rings. The fraction of sp³-hybridized carbons (Fsp3) is 0.545. The summed E-state index contributed by atoms with van der Waals surface area (Å²) in [6.45, 7) is 1.13. The maximum Gasteiger partial charge on any atom is 0.416 e. The van der Waals surface area contributed by atoms with Crippen molar-refractivity contribution in [2.24, 2.45) is 0 Å². The molecule has 0 radical (unpaired) electrons. The summed E-state index contributed by atoms with van der Waals surface area (Å²) in [5.41, 5.74) is 4.39. The number of methoxy groups -OCH3 is 1. The maximum absolute atomic E-state index is 12.5. The quantitative estimate of drug-likeness (QED) is 0.770. The Morgan fingerprint density at radius 1 is 1.16 bits per heavy atom. The highest BCUT2D eigenvalue weighted by Gasteiger charge is 2.31. The van der Waals surface area contributed by atoms with Gasteiger partial charge in [-0.05, 0) is 6.07 Å². The second-order valence-electron chi connectivity index (χ2n) is 3.57. The van der Waals surface area contributed by atoms with E-state index >= 15 is 0 Å². The van der Waals surface area contributed by atoms with Gasteiger partial charge in [0.1, 0.15) is 12.4 Å². The predicted octanol–water partition coefficient (Wildman–Crippen LogP) is 1.72. The zero-order valence-electron chi connectivity index (χ0n) is 10.4. The van der Waals surface area contributed by atoms with Crippen LogP contribution in [0.4, 0.5) is 19.0 Å². The van der Waals surface area contributed by atoms with Crippen molar-refractivity contribution in [2.45, 2.75) is 6.18 Å². The van der Waals surface area contributed by atoms with Gasteiger partial charge in [0.05, 0.1) is 25.4 Å². The van der Waals surface area contributed by atoms with Crippen LogP contribution in [0.2, 0.25) is 0 Å². The average Bonchev–Trinajstić information content (AvgIpc) is 2.32. The molecule has 8 heteroatoms. The summed E-state index contributed by atoms with van der Waals surface area (Å²) >= 11 is 0. The number of anilines is 1. The molecule has 0 spiro atoms. The Bertz CT molecular complexity index is 399. The van der Waals surface area contributed by atoms with Crippen LogP contribution < -0.4 is 10.5 Å². The lowest BCUT2D eigenvalue weighted by Crippen LogP contribution is -2.12. The number of pyridine rings is 1. The van der Waals surface area contributed by atoms with Gasteiger partial charge in [-0.15, -0.1) is 0 Å². The normalized spacial score (nSPS) is 11.6. The number of ether oxygens (including phenoxy) is 3. The second kappa shape index (κ2) is 7.15. The van der Waals surface area contributed by atoms with Crippen LogP contribution in [0, 0.1) is 0 Å². The molecule has 0 saturated heterocycles. The lowest BCUT2D eigenvalue weighted by Gasteiger charge is -2.10. The van der Waals surface area contributed by atoms with E-state index in [4.69, 9.17) is 19.9 Å². The van der Waals surface area contributed by atoms with E-state index in [9.17, 15) is 13.2 Å². The Kier molecular flexibility index (Phi) is 5.84. The van der Waals surface area contributed by atoms with E-state index < -0.39 is 11.7 Å². The van der Waals surface area contributed by atoms with E-state index in [0.29, 0.717) is 13.2 Å². The van der Waals surface area contributed by atoms with Gasteiger partial charge >= 0.3 is 6.18 Å². The molecule has 1 aromatic heterocycles. The molecule has 2 N–H and O–H groups in total. The first-order chi connectivity index (χ1) is 8.93. The van der Waals surface area contributed by atoms with E-state index in [1.165, 1.54) is 7.11 Å². The third-order valence-corrected chi connectivity index (χ3v) is 2.06. The van der Waals surface area contributed by atoms with Gasteiger partial charge in [0, 0.05) is 13.2 Å². The third-order valence-electron chi connectivity index (χ3n) is 2.06. The fourth-order valence-corrected chi connectivity index (χ4v) is 1.21. The van der Waals surface area contributed by atoms with Gasteiger partial charge in [-0.3, -0.25) is 0 Å². The molecule has 0 amide bonds. The molecule has 0 aliphatic heterocycles. The van der Waals surface area contributed by atoms with Crippen LogP contribution in [0.3, 0.4) is 0 Å². The molecule has 19 heavy (non-hydrogen) atoms. The molecule has 0 bridgehead atoms. The largest absolute Gasteiger partial charge is 0.475 e. The number of nitrogens with two attached hydrogens (primary N) is 1. The number of aromatic nitrogens is 1. The molecule has 0 aliphatic carbocycles. The standard InChI is InChI=1S/C11H15F3N2O3/c1-17-2-3-18-4-5-19-10-7-8(11(12,13)14)6-9(15)16-10/h6-7H,2-5H2,1H3,(H2,15,16). The molecule has 5 nitrogen and oxygen atoms in total. The molecule has 1 heterocycles. The monoisotopic (exact) mass is 280 g/mol.